The number of ether oxygens (including phenoxy) is 1. The maximum absolute atomic E-state index is 11.6. The number of aryl methyl sites for hydroxylation is 1. The Morgan fingerprint density at radius 1 is 1.60 bits per heavy atom. The van der Waals surface area contributed by atoms with Gasteiger partial charge in [0.1, 0.15) is 10.5 Å². The molecule has 0 unspecified atom stereocenters. The number of rotatable bonds is 2. The minimum Gasteiger partial charge on any atom is -0.461 e. The predicted octanol–water partition coefficient (Wildman–Crippen LogP) is 3.18. The fourth-order valence-corrected chi connectivity index (χ4v) is 3.03. The second kappa shape index (κ2) is 3.98. The largest absolute Gasteiger partial charge is 0.461 e. The maximum Gasteiger partial charge on any atom is 0.354 e. The van der Waals surface area contributed by atoms with E-state index in [1.54, 1.807) is 18.3 Å². The number of aromatic nitrogens is 1. The highest BCUT2D eigenvalue weighted by atomic mass is 79.9. The summed E-state index contributed by atoms with van der Waals surface area (Å²) in [6.45, 7) is 2.21. The fraction of sp³-hybridized carbons (Fsp3) is 0.300. The summed E-state index contributed by atoms with van der Waals surface area (Å²) in [5, 5.41) is 1.07. The lowest BCUT2D eigenvalue weighted by atomic mass is 10.3. The van der Waals surface area contributed by atoms with E-state index in [1.807, 2.05) is 23.7 Å². The Bertz CT molecular complexity index is 515. The fourth-order valence-electron chi connectivity index (χ4n) is 1.48. The number of esters is 1. The molecule has 0 fully saturated rings. The molecule has 0 bridgehead atoms. The SMILES string of the molecule is CCOC(=O)c1cc2cc(Br)sc2n1C. The molecule has 0 spiro atoms. The van der Waals surface area contributed by atoms with Crippen LogP contribution in [0.3, 0.4) is 0 Å². The molecule has 0 aromatic carbocycles. The molecule has 0 saturated heterocycles. The highest BCUT2D eigenvalue weighted by molar-refractivity contribution is 9.11. The van der Waals surface area contributed by atoms with Gasteiger partial charge >= 0.3 is 5.97 Å². The van der Waals surface area contributed by atoms with Crippen molar-refractivity contribution in [2.24, 2.45) is 7.05 Å². The second-order valence-corrected chi connectivity index (χ2v) is 5.53. The molecular weight excluding hydrogens is 278 g/mol. The number of carbonyl (C=O) groups is 1. The normalized spacial score (nSPS) is 10.9. The van der Waals surface area contributed by atoms with Gasteiger partial charge in [-0.25, -0.2) is 4.79 Å². The topological polar surface area (TPSA) is 31.2 Å². The van der Waals surface area contributed by atoms with E-state index in [9.17, 15) is 4.79 Å². The first-order valence-electron chi connectivity index (χ1n) is 4.55. The van der Waals surface area contributed by atoms with E-state index in [-0.39, 0.29) is 5.97 Å². The third-order valence-corrected chi connectivity index (χ3v) is 3.88. The predicted molar refractivity (Wildman–Crippen MR) is 64.5 cm³/mol. The summed E-state index contributed by atoms with van der Waals surface area (Å²) in [6, 6.07) is 3.86. The van der Waals surface area contributed by atoms with Crippen LogP contribution < -0.4 is 0 Å². The lowest BCUT2D eigenvalue weighted by Gasteiger charge is -2.02. The van der Waals surface area contributed by atoms with Crippen LogP contribution in [0.5, 0.6) is 0 Å². The monoisotopic (exact) mass is 287 g/mol. The van der Waals surface area contributed by atoms with E-state index in [0.29, 0.717) is 12.3 Å². The van der Waals surface area contributed by atoms with E-state index in [0.717, 1.165) is 14.0 Å². The van der Waals surface area contributed by atoms with Gasteiger partial charge in [-0.05, 0) is 35.0 Å². The van der Waals surface area contributed by atoms with Crippen LogP contribution in [-0.2, 0) is 11.8 Å². The molecule has 3 nitrogen and oxygen atoms in total. The average molecular weight is 288 g/mol. The Morgan fingerprint density at radius 3 is 2.93 bits per heavy atom. The van der Waals surface area contributed by atoms with Crippen molar-refractivity contribution in [3.63, 3.8) is 0 Å². The van der Waals surface area contributed by atoms with E-state index in [4.69, 9.17) is 4.74 Å². The summed E-state index contributed by atoms with van der Waals surface area (Å²) in [6.07, 6.45) is 0. The first kappa shape index (κ1) is 10.7. The van der Waals surface area contributed by atoms with Crippen molar-refractivity contribution in [3.05, 3.63) is 21.6 Å². The summed E-state index contributed by atoms with van der Waals surface area (Å²) < 4.78 is 7.90. The summed E-state index contributed by atoms with van der Waals surface area (Å²) in [7, 11) is 1.87. The molecule has 0 atom stereocenters. The Kier molecular flexibility index (Phi) is 2.84. The smallest absolute Gasteiger partial charge is 0.354 e. The van der Waals surface area contributed by atoms with E-state index >= 15 is 0 Å². The third-order valence-electron chi connectivity index (χ3n) is 2.15. The van der Waals surface area contributed by atoms with Crippen LogP contribution in [0.2, 0.25) is 0 Å². The van der Waals surface area contributed by atoms with E-state index in [1.165, 1.54) is 0 Å². The first-order valence-corrected chi connectivity index (χ1v) is 6.16. The van der Waals surface area contributed by atoms with Gasteiger partial charge in [0.25, 0.3) is 0 Å². The molecule has 15 heavy (non-hydrogen) atoms. The Labute approximate surface area is 99.8 Å². The third kappa shape index (κ3) is 1.81. The Balaban J connectivity index is 2.49. The van der Waals surface area contributed by atoms with Gasteiger partial charge in [0.05, 0.1) is 10.4 Å². The number of thiophene rings is 1. The van der Waals surface area contributed by atoms with Gasteiger partial charge in [-0.15, -0.1) is 11.3 Å². The zero-order valence-electron chi connectivity index (χ0n) is 8.41. The van der Waals surface area contributed by atoms with Gasteiger partial charge in [0.2, 0.25) is 0 Å². The van der Waals surface area contributed by atoms with Crippen molar-refractivity contribution in [1.82, 2.24) is 4.57 Å². The van der Waals surface area contributed by atoms with Gasteiger partial charge in [-0.1, -0.05) is 0 Å². The number of hydrogen-bond donors (Lipinski definition) is 0. The quantitative estimate of drug-likeness (QED) is 0.795. The highest BCUT2D eigenvalue weighted by Gasteiger charge is 2.15. The first-order chi connectivity index (χ1) is 7.13. The Hall–Kier alpha value is -0.810. The molecular formula is C10H10BrNO2S. The molecule has 0 saturated carbocycles. The van der Waals surface area contributed by atoms with E-state index in [2.05, 4.69) is 15.9 Å². The lowest BCUT2D eigenvalue weighted by Crippen LogP contribution is -2.09. The molecule has 0 aliphatic rings. The van der Waals surface area contributed by atoms with Crippen LogP contribution in [0.15, 0.2) is 15.9 Å². The molecule has 2 aromatic rings. The van der Waals surface area contributed by atoms with Gasteiger partial charge in [0.15, 0.2) is 0 Å². The molecule has 0 radical (unpaired) electrons. The maximum atomic E-state index is 11.6. The van der Waals surface area contributed by atoms with Crippen molar-refractivity contribution in [2.45, 2.75) is 6.92 Å². The Morgan fingerprint density at radius 2 is 2.33 bits per heavy atom. The standard InChI is InChI=1S/C10H10BrNO2S/c1-3-14-10(13)7-4-6-5-8(11)15-9(6)12(7)2/h4-5H,3H2,1-2H3. The zero-order valence-corrected chi connectivity index (χ0v) is 10.8. The summed E-state index contributed by atoms with van der Waals surface area (Å²) >= 11 is 5.03. The summed E-state index contributed by atoms with van der Waals surface area (Å²) in [4.78, 5) is 12.6. The molecule has 0 aliphatic carbocycles. The summed E-state index contributed by atoms with van der Waals surface area (Å²) in [5.74, 6) is -0.264. The highest BCUT2D eigenvalue weighted by Crippen LogP contribution is 2.31. The molecule has 0 amide bonds. The van der Waals surface area contributed by atoms with Crippen LogP contribution in [0.4, 0.5) is 0 Å². The van der Waals surface area contributed by atoms with Gasteiger partial charge in [0, 0.05) is 12.4 Å². The van der Waals surface area contributed by atoms with Crippen molar-refractivity contribution in [1.29, 1.82) is 0 Å². The van der Waals surface area contributed by atoms with Crippen molar-refractivity contribution >= 4 is 43.5 Å². The van der Waals surface area contributed by atoms with Crippen molar-refractivity contribution < 1.29 is 9.53 Å². The van der Waals surface area contributed by atoms with Gasteiger partial charge < -0.3 is 9.30 Å². The molecule has 80 valence electrons. The molecule has 2 aromatic heterocycles. The minimum atomic E-state index is -0.264. The van der Waals surface area contributed by atoms with Crippen LogP contribution >= 0.6 is 27.3 Å². The van der Waals surface area contributed by atoms with Crippen molar-refractivity contribution in [2.75, 3.05) is 6.61 Å². The van der Waals surface area contributed by atoms with Gasteiger partial charge in [-0.3, -0.25) is 0 Å². The molecule has 0 N–H and O–H groups in total. The van der Waals surface area contributed by atoms with Crippen LogP contribution in [-0.4, -0.2) is 17.1 Å². The summed E-state index contributed by atoms with van der Waals surface area (Å²) in [5.41, 5.74) is 0.602. The van der Waals surface area contributed by atoms with Crippen LogP contribution in [0.1, 0.15) is 17.4 Å². The number of halogens is 1. The second-order valence-electron chi connectivity index (χ2n) is 3.12. The zero-order chi connectivity index (χ0) is 11.0. The molecule has 2 heterocycles. The number of carbonyl (C=O) groups excluding carboxylic acids is 1. The van der Waals surface area contributed by atoms with Crippen LogP contribution in [0.25, 0.3) is 10.2 Å². The molecule has 5 heteroatoms. The minimum absolute atomic E-state index is 0.264. The molecule has 2 rings (SSSR count). The number of nitrogens with zero attached hydrogens (tertiary/aromatic N) is 1. The van der Waals surface area contributed by atoms with Gasteiger partial charge in [-0.2, -0.15) is 0 Å². The average Bonchev–Trinajstić information content (AvgIpc) is 2.66. The number of fused-ring (bicyclic) bond motifs is 1. The molecule has 0 aliphatic heterocycles. The van der Waals surface area contributed by atoms with Crippen LogP contribution in [0, 0.1) is 0 Å². The van der Waals surface area contributed by atoms with E-state index < -0.39 is 0 Å². The lowest BCUT2D eigenvalue weighted by molar-refractivity contribution is 0.0516. The van der Waals surface area contributed by atoms with Crippen molar-refractivity contribution in [3.8, 4) is 0 Å². The number of hydrogen-bond acceptors (Lipinski definition) is 3.